The average molecular weight is 307 g/mol. The average Bonchev–Trinajstić information content (AvgIpc) is 2.66. The molecule has 1 aromatic heterocycles. The van der Waals surface area contributed by atoms with E-state index in [-0.39, 0.29) is 10.6 Å². The molecule has 0 aliphatic carbocycles. The Bertz CT molecular complexity index is 722. The van der Waals surface area contributed by atoms with Gasteiger partial charge in [0.05, 0.1) is 11.6 Å². The van der Waals surface area contributed by atoms with Crippen molar-refractivity contribution in [2.24, 2.45) is 7.05 Å². The number of aromatic nitrogens is 3. The molecule has 2 rings (SSSR count). The monoisotopic (exact) mass is 307 g/mol. The van der Waals surface area contributed by atoms with Gasteiger partial charge in [0, 0.05) is 25.2 Å². The van der Waals surface area contributed by atoms with E-state index in [4.69, 9.17) is 12.2 Å². The summed E-state index contributed by atoms with van der Waals surface area (Å²) in [5.74, 6) is 0.832. The molecule has 1 heterocycles. The Morgan fingerprint density at radius 3 is 2.67 bits per heavy atom. The zero-order chi connectivity index (χ0) is 15.6. The lowest BCUT2D eigenvalue weighted by molar-refractivity contribution is -0.385. The maximum Gasteiger partial charge on any atom is 0.273 e. The SMILES string of the molecule is Cc1nn(CN(C)Cc2ccccc2[N+](=O)[O-])c(=S)n1C. The van der Waals surface area contributed by atoms with Crippen molar-refractivity contribution in [2.45, 2.75) is 20.1 Å². The molecule has 0 amide bonds. The van der Waals surface area contributed by atoms with Crippen LogP contribution in [0.5, 0.6) is 0 Å². The highest BCUT2D eigenvalue weighted by molar-refractivity contribution is 7.71. The molecule has 0 spiro atoms. The highest BCUT2D eigenvalue weighted by atomic mass is 32.1. The van der Waals surface area contributed by atoms with Crippen LogP contribution in [0.2, 0.25) is 0 Å². The van der Waals surface area contributed by atoms with Gasteiger partial charge in [0.2, 0.25) is 0 Å². The van der Waals surface area contributed by atoms with Crippen LogP contribution in [0.1, 0.15) is 11.4 Å². The minimum atomic E-state index is -0.361. The molecule has 0 bridgehead atoms. The normalized spacial score (nSPS) is 11.0. The summed E-state index contributed by atoms with van der Waals surface area (Å²) in [4.78, 5) is 12.6. The number of benzene rings is 1. The summed E-state index contributed by atoms with van der Waals surface area (Å²) in [5, 5.41) is 15.4. The Morgan fingerprint density at radius 1 is 1.43 bits per heavy atom. The van der Waals surface area contributed by atoms with Gasteiger partial charge < -0.3 is 4.57 Å². The molecule has 0 aliphatic heterocycles. The van der Waals surface area contributed by atoms with Crippen molar-refractivity contribution in [3.8, 4) is 0 Å². The summed E-state index contributed by atoms with van der Waals surface area (Å²) < 4.78 is 4.16. The summed E-state index contributed by atoms with van der Waals surface area (Å²) in [7, 11) is 3.74. The van der Waals surface area contributed by atoms with Crippen LogP contribution in [0.3, 0.4) is 0 Å². The fourth-order valence-corrected chi connectivity index (χ4v) is 2.31. The minimum Gasteiger partial charge on any atom is -0.307 e. The standard InChI is InChI=1S/C13H17N5O2S/c1-10-14-17(13(21)16(10)3)9-15(2)8-11-6-4-5-7-12(11)18(19)20/h4-7H,8-9H2,1-3H3. The maximum absolute atomic E-state index is 11.0. The highest BCUT2D eigenvalue weighted by Gasteiger charge is 2.14. The van der Waals surface area contributed by atoms with E-state index in [0.29, 0.717) is 23.5 Å². The Hall–Kier alpha value is -2.06. The molecule has 2 aromatic rings. The third kappa shape index (κ3) is 3.34. The molecule has 7 nitrogen and oxygen atoms in total. The lowest BCUT2D eigenvalue weighted by Crippen LogP contribution is -2.23. The third-order valence-corrected chi connectivity index (χ3v) is 3.75. The van der Waals surface area contributed by atoms with Crippen molar-refractivity contribution in [2.75, 3.05) is 7.05 Å². The smallest absolute Gasteiger partial charge is 0.273 e. The minimum absolute atomic E-state index is 0.130. The van der Waals surface area contributed by atoms with Crippen molar-refractivity contribution in [3.63, 3.8) is 0 Å². The summed E-state index contributed by atoms with van der Waals surface area (Å²) in [6.07, 6.45) is 0. The van der Waals surface area contributed by atoms with E-state index in [1.807, 2.05) is 30.5 Å². The number of hydrogen-bond acceptors (Lipinski definition) is 5. The van der Waals surface area contributed by atoms with Crippen LogP contribution in [0.4, 0.5) is 5.69 Å². The van der Waals surface area contributed by atoms with E-state index >= 15 is 0 Å². The second-order valence-electron chi connectivity index (χ2n) is 4.93. The molecule has 112 valence electrons. The van der Waals surface area contributed by atoms with Crippen molar-refractivity contribution in [1.29, 1.82) is 0 Å². The first-order valence-corrected chi connectivity index (χ1v) is 6.82. The molecular formula is C13H17N5O2S. The Labute approximate surface area is 127 Å². The van der Waals surface area contributed by atoms with Gasteiger partial charge in [0.1, 0.15) is 5.82 Å². The van der Waals surface area contributed by atoms with Crippen LogP contribution in [0.25, 0.3) is 0 Å². The zero-order valence-corrected chi connectivity index (χ0v) is 13.0. The summed E-state index contributed by atoms with van der Waals surface area (Å²) in [6, 6.07) is 6.74. The second-order valence-corrected chi connectivity index (χ2v) is 5.29. The van der Waals surface area contributed by atoms with Gasteiger partial charge in [-0.25, -0.2) is 4.68 Å². The molecule has 21 heavy (non-hydrogen) atoms. The third-order valence-electron chi connectivity index (χ3n) is 3.26. The summed E-state index contributed by atoms with van der Waals surface area (Å²) in [6.45, 7) is 2.81. The molecule has 0 atom stereocenters. The van der Waals surface area contributed by atoms with Crippen LogP contribution in [0, 0.1) is 21.8 Å². The molecule has 8 heteroatoms. The van der Waals surface area contributed by atoms with Gasteiger partial charge in [0.25, 0.3) is 5.69 Å². The predicted octanol–water partition coefficient (Wildman–Crippen LogP) is 2.26. The summed E-state index contributed by atoms with van der Waals surface area (Å²) >= 11 is 5.29. The zero-order valence-electron chi connectivity index (χ0n) is 12.2. The fraction of sp³-hybridized carbons (Fsp3) is 0.385. The molecule has 0 radical (unpaired) electrons. The fourth-order valence-electron chi connectivity index (χ4n) is 2.08. The van der Waals surface area contributed by atoms with Gasteiger partial charge >= 0.3 is 0 Å². The van der Waals surface area contributed by atoms with Crippen LogP contribution >= 0.6 is 12.2 Å². The van der Waals surface area contributed by atoms with Crippen LogP contribution < -0.4 is 0 Å². The predicted molar refractivity (Wildman–Crippen MR) is 81.3 cm³/mol. The van der Waals surface area contributed by atoms with E-state index in [9.17, 15) is 10.1 Å². The number of para-hydroxylation sites is 1. The molecular weight excluding hydrogens is 290 g/mol. The van der Waals surface area contributed by atoms with Gasteiger partial charge in [-0.3, -0.25) is 15.0 Å². The van der Waals surface area contributed by atoms with Crippen molar-refractivity contribution in [3.05, 3.63) is 50.5 Å². The topological polar surface area (TPSA) is 69.1 Å². The second kappa shape index (κ2) is 6.15. The lowest BCUT2D eigenvalue weighted by atomic mass is 10.2. The summed E-state index contributed by atoms with van der Waals surface area (Å²) in [5.41, 5.74) is 0.800. The number of hydrogen-bond donors (Lipinski definition) is 0. The van der Waals surface area contributed by atoms with E-state index in [2.05, 4.69) is 5.10 Å². The molecule has 0 N–H and O–H groups in total. The van der Waals surface area contributed by atoms with Crippen LogP contribution in [-0.4, -0.2) is 31.2 Å². The van der Waals surface area contributed by atoms with E-state index < -0.39 is 0 Å². The quantitative estimate of drug-likeness (QED) is 0.481. The van der Waals surface area contributed by atoms with Gasteiger partial charge in [-0.1, -0.05) is 18.2 Å². The van der Waals surface area contributed by atoms with Crippen LogP contribution in [-0.2, 0) is 20.3 Å². The van der Waals surface area contributed by atoms with Gasteiger partial charge in [0.15, 0.2) is 4.77 Å². The number of nitro groups is 1. The molecule has 0 saturated heterocycles. The first-order chi connectivity index (χ1) is 9.90. The van der Waals surface area contributed by atoms with Gasteiger partial charge in [-0.05, 0) is 26.2 Å². The van der Waals surface area contributed by atoms with Crippen molar-refractivity contribution >= 4 is 17.9 Å². The molecule has 1 aromatic carbocycles. The van der Waals surface area contributed by atoms with Crippen molar-refractivity contribution in [1.82, 2.24) is 19.2 Å². The number of rotatable bonds is 5. The molecule has 0 fully saturated rings. The number of nitro benzene ring substituents is 1. The van der Waals surface area contributed by atoms with Crippen molar-refractivity contribution < 1.29 is 4.92 Å². The largest absolute Gasteiger partial charge is 0.307 e. The molecule has 0 unspecified atom stereocenters. The van der Waals surface area contributed by atoms with Gasteiger partial charge in [-0.2, -0.15) is 5.10 Å². The van der Waals surface area contributed by atoms with E-state index in [1.165, 1.54) is 6.07 Å². The van der Waals surface area contributed by atoms with Crippen LogP contribution in [0.15, 0.2) is 24.3 Å². The Kier molecular flexibility index (Phi) is 4.49. The first kappa shape index (κ1) is 15.3. The Balaban J connectivity index is 2.15. The number of aryl methyl sites for hydroxylation is 1. The van der Waals surface area contributed by atoms with E-state index in [1.54, 1.807) is 22.9 Å². The lowest BCUT2D eigenvalue weighted by Gasteiger charge is -2.16. The Morgan fingerprint density at radius 2 is 2.10 bits per heavy atom. The van der Waals surface area contributed by atoms with E-state index in [0.717, 1.165) is 5.82 Å². The molecule has 0 aliphatic rings. The maximum atomic E-state index is 11.0. The first-order valence-electron chi connectivity index (χ1n) is 6.41. The highest BCUT2D eigenvalue weighted by Crippen LogP contribution is 2.19. The van der Waals surface area contributed by atoms with Gasteiger partial charge in [-0.15, -0.1) is 0 Å². The molecule has 0 saturated carbocycles. The number of nitrogens with zero attached hydrogens (tertiary/aromatic N) is 5.